The van der Waals surface area contributed by atoms with Crippen LogP contribution < -0.4 is 10.0 Å². The van der Waals surface area contributed by atoms with Gasteiger partial charge in [0.2, 0.25) is 10.0 Å². The van der Waals surface area contributed by atoms with Gasteiger partial charge < -0.3 is 5.32 Å². The Labute approximate surface area is 101 Å². The summed E-state index contributed by atoms with van der Waals surface area (Å²) in [6.45, 7) is -1.10. The second-order valence-corrected chi connectivity index (χ2v) is 6.15. The second kappa shape index (κ2) is 5.34. The van der Waals surface area contributed by atoms with Crippen LogP contribution in [0, 0.1) is 0 Å². The first-order valence-corrected chi connectivity index (χ1v) is 6.89. The smallest absolute Gasteiger partial charge is 0.316 e. The molecule has 0 saturated carbocycles. The molecule has 9 heteroatoms. The largest absolute Gasteiger partial charge is 0.402 e. The molecule has 98 valence electrons. The monoisotopic (exact) mass is 288 g/mol. The van der Waals surface area contributed by atoms with E-state index < -0.39 is 22.7 Å². The van der Waals surface area contributed by atoms with Gasteiger partial charge in [0.15, 0.2) is 0 Å². The molecule has 0 aliphatic rings. The normalized spacial score (nSPS) is 12.9. The molecule has 0 saturated heterocycles. The number of hydrogen-bond acceptors (Lipinski definition) is 4. The summed E-state index contributed by atoms with van der Waals surface area (Å²) in [7, 11) is -2.38. The van der Waals surface area contributed by atoms with E-state index in [1.165, 1.54) is 10.8 Å². The van der Waals surface area contributed by atoms with Gasteiger partial charge in [-0.2, -0.15) is 13.2 Å². The number of thiophene rings is 1. The predicted octanol–water partition coefficient (Wildman–Crippen LogP) is 1.31. The van der Waals surface area contributed by atoms with Crippen LogP contribution in [0.15, 0.2) is 15.7 Å². The van der Waals surface area contributed by atoms with Gasteiger partial charge in [-0.1, -0.05) is 0 Å². The molecule has 0 unspecified atom stereocenters. The number of nitrogens with one attached hydrogen (secondary N) is 2. The lowest BCUT2D eigenvalue weighted by atomic mass is 10.3. The summed E-state index contributed by atoms with van der Waals surface area (Å²) in [5.41, 5.74) is 0.713. The summed E-state index contributed by atoms with van der Waals surface area (Å²) >= 11 is 0.889. The summed E-state index contributed by atoms with van der Waals surface area (Å²) < 4.78 is 60.0. The average Bonchev–Trinajstić information content (AvgIpc) is 2.64. The number of sulfonamides is 1. The second-order valence-electron chi connectivity index (χ2n) is 3.24. The fraction of sp³-hybridized carbons (Fsp3) is 0.500. The van der Waals surface area contributed by atoms with Crippen molar-refractivity contribution in [1.29, 1.82) is 0 Å². The Bertz CT molecular complexity index is 467. The van der Waals surface area contributed by atoms with E-state index in [4.69, 9.17) is 0 Å². The molecule has 0 amide bonds. The topological polar surface area (TPSA) is 58.2 Å². The van der Waals surface area contributed by atoms with Crippen molar-refractivity contribution >= 4 is 21.4 Å². The Kier molecular flexibility index (Phi) is 4.53. The molecule has 0 atom stereocenters. The van der Waals surface area contributed by atoms with Gasteiger partial charge in [0.05, 0.1) is 0 Å². The molecule has 0 bridgehead atoms. The molecule has 0 aliphatic heterocycles. The van der Waals surface area contributed by atoms with Crippen LogP contribution >= 0.6 is 11.3 Å². The van der Waals surface area contributed by atoms with Crippen molar-refractivity contribution in [3.8, 4) is 0 Å². The number of halogens is 3. The highest BCUT2D eigenvalue weighted by atomic mass is 32.2. The van der Waals surface area contributed by atoms with Crippen molar-refractivity contribution < 1.29 is 21.6 Å². The zero-order valence-electron chi connectivity index (χ0n) is 8.84. The van der Waals surface area contributed by atoms with Crippen LogP contribution in [0.5, 0.6) is 0 Å². The van der Waals surface area contributed by atoms with E-state index in [2.05, 4.69) is 5.32 Å². The zero-order valence-corrected chi connectivity index (χ0v) is 10.5. The minimum atomic E-state index is -4.56. The molecule has 0 fully saturated rings. The lowest BCUT2D eigenvalue weighted by Crippen LogP contribution is -2.33. The molecular formula is C8H11F3N2O2S2. The molecule has 0 aliphatic carbocycles. The number of hydrogen-bond donors (Lipinski definition) is 2. The first-order valence-electron chi connectivity index (χ1n) is 4.53. The van der Waals surface area contributed by atoms with Gasteiger partial charge >= 0.3 is 6.18 Å². The molecule has 1 aromatic heterocycles. The van der Waals surface area contributed by atoms with E-state index in [0.29, 0.717) is 12.1 Å². The molecular weight excluding hydrogens is 277 g/mol. The van der Waals surface area contributed by atoms with Gasteiger partial charge in [-0.25, -0.2) is 13.1 Å². The molecule has 17 heavy (non-hydrogen) atoms. The van der Waals surface area contributed by atoms with Gasteiger partial charge in [-0.15, -0.1) is 11.3 Å². The fourth-order valence-corrected chi connectivity index (χ4v) is 3.31. The summed E-state index contributed by atoms with van der Waals surface area (Å²) in [5.74, 6) is 0. The van der Waals surface area contributed by atoms with Crippen molar-refractivity contribution in [3.63, 3.8) is 0 Å². The van der Waals surface area contributed by atoms with E-state index >= 15 is 0 Å². The van der Waals surface area contributed by atoms with Gasteiger partial charge in [-0.05, 0) is 24.1 Å². The summed E-state index contributed by atoms with van der Waals surface area (Å²) in [6, 6.07) is 1.35. The van der Waals surface area contributed by atoms with Crippen LogP contribution in [0.4, 0.5) is 13.2 Å². The maximum Gasteiger partial charge on any atom is 0.402 e. The van der Waals surface area contributed by atoms with E-state index in [9.17, 15) is 21.6 Å². The highest BCUT2D eigenvalue weighted by molar-refractivity contribution is 7.91. The van der Waals surface area contributed by atoms with Crippen molar-refractivity contribution in [2.75, 3.05) is 13.6 Å². The van der Waals surface area contributed by atoms with Crippen molar-refractivity contribution in [2.45, 2.75) is 16.9 Å². The molecule has 1 rings (SSSR count). The lowest BCUT2D eigenvalue weighted by Gasteiger charge is -2.07. The third-order valence-electron chi connectivity index (χ3n) is 1.74. The summed E-state index contributed by atoms with van der Waals surface area (Å²) in [4.78, 5) is 0. The Morgan fingerprint density at radius 3 is 2.59 bits per heavy atom. The molecule has 0 radical (unpaired) electrons. The Hall–Kier alpha value is -0.640. The standard InChI is InChI=1S/C8H11F3N2O2S2/c1-12-3-6-2-7(16-4-6)17(14,15)13-5-8(9,10)11/h2,4,12-13H,3,5H2,1H3. The molecule has 1 heterocycles. The molecule has 0 spiro atoms. The summed E-state index contributed by atoms with van der Waals surface area (Å²) in [6.07, 6.45) is -4.56. The van der Waals surface area contributed by atoms with Crippen LogP contribution in [0.3, 0.4) is 0 Å². The maximum atomic E-state index is 11.9. The van der Waals surface area contributed by atoms with Gasteiger partial charge in [0, 0.05) is 6.54 Å². The van der Waals surface area contributed by atoms with E-state index in [1.807, 2.05) is 0 Å². The molecule has 2 N–H and O–H groups in total. The van der Waals surface area contributed by atoms with Crippen LogP contribution in [-0.2, 0) is 16.6 Å². The van der Waals surface area contributed by atoms with Crippen LogP contribution in [0.25, 0.3) is 0 Å². The van der Waals surface area contributed by atoms with Gasteiger partial charge in [0.1, 0.15) is 10.8 Å². The first-order chi connectivity index (χ1) is 7.74. The maximum absolute atomic E-state index is 11.9. The van der Waals surface area contributed by atoms with Crippen LogP contribution in [0.1, 0.15) is 5.56 Å². The first kappa shape index (κ1) is 14.4. The molecule has 1 aromatic rings. The minimum absolute atomic E-state index is 0.119. The fourth-order valence-electron chi connectivity index (χ4n) is 1.04. The third kappa shape index (κ3) is 4.62. The summed E-state index contributed by atoms with van der Waals surface area (Å²) in [5, 5.41) is 4.40. The average molecular weight is 288 g/mol. The Morgan fingerprint density at radius 1 is 1.41 bits per heavy atom. The van der Waals surface area contributed by atoms with E-state index in [0.717, 1.165) is 11.3 Å². The lowest BCUT2D eigenvalue weighted by molar-refractivity contribution is -0.121. The number of alkyl halides is 3. The van der Waals surface area contributed by atoms with E-state index in [1.54, 1.807) is 12.4 Å². The zero-order chi connectivity index (χ0) is 13.1. The highest BCUT2D eigenvalue weighted by Gasteiger charge is 2.30. The Morgan fingerprint density at radius 2 is 2.06 bits per heavy atom. The van der Waals surface area contributed by atoms with Crippen LogP contribution in [-0.4, -0.2) is 28.2 Å². The quantitative estimate of drug-likeness (QED) is 0.859. The molecule has 4 nitrogen and oxygen atoms in total. The molecule has 0 aromatic carbocycles. The van der Waals surface area contributed by atoms with Crippen molar-refractivity contribution in [1.82, 2.24) is 10.0 Å². The minimum Gasteiger partial charge on any atom is -0.316 e. The predicted molar refractivity (Wildman–Crippen MR) is 58.3 cm³/mol. The Balaban J connectivity index is 2.75. The van der Waals surface area contributed by atoms with Gasteiger partial charge in [-0.3, -0.25) is 0 Å². The van der Waals surface area contributed by atoms with E-state index in [-0.39, 0.29) is 4.21 Å². The number of rotatable bonds is 5. The third-order valence-corrected chi connectivity index (χ3v) is 4.63. The van der Waals surface area contributed by atoms with Crippen LogP contribution in [0.2, 0.25) is 0 Å². The SMILES string of the molecule is CNCc1csc(S(=O)(=O)NCC(F)(F)F)c1. The van der Waals surface area contributed by atoms with Crippen molar-refractivity contribution in [3.05, 3.63) is 17.0 Å². The van der Waals surface area contributed by atoms with Crippen molar-refractivity contribution in [2.24, 2.45) is 0 Å². The highest BCUT2D eigenvalue weighted by Crippen LogP contribution is 2.21. The van der Waals surface area contributed by atoms with Gasteiger partial charge in [0.25, 0.3) is 0 Å².